The fourth-order valence-corrected chi connectivity index (χ4v) is 8.18. The van der Waals surface area contributed by atoms with Crippen molar-refractivity contribution in [3.63, 3.8) is 0 Å². The Morgan fingerprint density at radius 1 is 0.472 bits per heavy atom. The molecular weight excluding hydrogens is 502 g/mol. The molecule has 2 aliphatic carbocycles. The van der Waals surface area contributed by atoms with Gasteiger partial charge < -0.3 is 4.48 Å². The van der Waals surface area contributed by atoms with Crippen molar-refractivity contribution >= 4 is 38.5 Å². The Hall–Kier alpha value is -2.16. The molecule has 0 saturated heterocycles. The highest BCUT2D eigenvalue weighted by molar-refractivity contribution is 8.93. The van der Waals surface area contributed by atoms with Crippen LogP contribution in [0, 0.1) is 0 Å². The SMILES string of the molecule is Br.c1ccc2c3c(ccc2c1)C[N+](C1CCCCC1)(C1CCCCC1)Cc1ccc2ccccc2c1-3. The second-order valence-corrected chi connectivity index (χ2v) is 11.6. The van der Waals surface area contributed by atoms with Crippen LogP contribution in [-0.2, 0) is 13.1 Å². The first-order valence-electron chi connectivity index (χ1n) is 14.2. The number of hydrogen-bond donors (Lipinski definition) is 0. The van der Waals surface area contributed by atoms with Gasteiger partial charge in [0.15, 0.2) is 0 Å². The largest absolute Gasteiger partial charge is 0.311 e. The van der Waals surface area contributed by atoms with Gasteiger partial charge in [0, 0.05) is 11.1 Å². The average Bonchev–Trinajstić information content (AvgIpc) is 3.10. The summed E-state index contributed by atoms with van der Waals surface area (Å²) in [5, 5.41) is 5.63. The van der Waals surface area contributed by atoms with E-state index in [0.717, 1.165) is 12.1 Å². The summed E-state index contributed by atoms with van der Waals surface area (Å²) in [4.78, 5) is 0. The number of halogens is 1. The molecule has 1 heterocycles. The molecule has 2 heteroatoms. The van der Waals surface area contributed by atoms with Gasteiger partial charge in [0.25, 0.3) is 0 Å². The van der Waals surface area contributed by atoms with Gasteiger partial charge in [-0.25, -0.2) is 0 Å². The molecule has 2 saturated carbocycles. The van der Waals surface area contributed by atoms with Crippen LogP contribution in [0.3, 0.4) is 0 Å². The van der Waals surface area contributed by atoms with Crippen LogP contribution in [0.2, 0.25) is 0 Å². The Balaban J connectivity index is 0.00000240. The first kappa shape index (κ1) is 24.2. The Labute approximate surface area is 226 Å². The van der Waals surface area contributed by atoms with E-state index in [1.54, 1.807) is 11.1 Å². The van der Waals surface area contributed by atoms with Crippen molar-refractivity contribution in [2.45, 2.75) is 89.4 Å². The van der Waals surface area contributed by atoms with E-state index in [9.17, 15) is 0 Å². The monoisotopic (exact) mass is 540 g/mol. The summed E-state index contributed by atoms with van der Waals surface area (Å²) < 4.78 is 1.32. The molecule has 4 aromatic carbocycles. The molecule has 0 N–H and O–H groups in total. The first-order valence-corrected chi connectivity index (χ1v) is 14.2. The minimum Gasteiger partial charge on any atom is -0.311 e. The average molecular weight is 542 g/mol. The second kappa shape index (κ2) is 9.95. The molecule has 186 valence electrons. The van der Waals surface area contributed by atoms with Crippen LogP contribution in [0.15, 0.2) is 72.8 Å². The minimum atomic E-state index is 0. The van der Waals surface area contributed by atoms with Gasteiger partial charge >= 0.3 is 0 Å². The lowest BCUT2D eigenvalue weighted by Gasteiger charge is -2.52. The molecule has 0 bridgehead atoms. The number of quaternary nitrogens is 1. The number of nitrogens with zero attached hydrogens (tertiary/aromatic N) is 1. The maximum absolute atomic E-state index is 2.51. The first-order chi connectivity index (χ1) is 17.3. The zero-order chi connectivity index (χ0) is 23.2. The van der Waals surface area contributed by atoms with Crippen molar-refractivity contribution in [1.82, 2.24) is 0 Å². The van der Waals surface area contributed by atoms with Crippen LogP contribution in [0.1, 0.15) is 75.3 Å². The van der Waals surface area contributed by atoms with E-state index in [1.165, 1.54) is 114 Å². The molecule has 36 heavy (non-hydrogen) atoms. The maximum Gasteiger partial charge on any atom is 0.106 e. The zero-order valence-electron chi connectivity index (χ0n) is 21.4. The summed E-state index contributed by atoms with van der Waals surface area (Å²) in [6.45, 7) is 2.41. The quantitative estimate of drug-likeness (QED) is 0.222. The molecule has 0 amide bonds. The summed E-state index contributed by atoms with van der Waals surface area (Å²) in [6, 6.07) is 29.7. The fourth-order valence-electron chi connectivity index (χ4n) is 8.18. The zero-order valence-corrected chi connectivity index (χ0v) is 23.1. The van der Waals surface area contributed by atoms with Gasteiger partial charge in [0.2, 0.25) is 0 Å². The Morgan fingerprint density at radius 2 is 0.889 bits per heavy atom. The van der Waals surface area contributed by atoms with Crippen molar-refractivity contribution in [2.75, 3.05) is 0 Å². The van der Waals surface area contributed by atoms with Gasteiger partial charge in [-0.2, -0.15) is 0 Å². The highest BCUT2D eigenvalue weighted by Gasteiger charge is 2.46. The number of fused-ring (bicyclic) bond motifs is 7. The standard InChI is InChI=1S/C34H38N.BrH/c1-3-13-29(14-4-1)35(30-15-5-2-6-16-30)23-27-21-19-25-11-7-9-17-31(25)33(27)34-28(24-35)22-20-26-12-8-10-18-32(26)34;/h7-12,17-22,29-30H,1-6,13-16,23-24H2;1H/q+1;. The Bertz CT molecular complexity index is 1270. The summed E-state index contributed by atoms with van der Waals surface area (Å²) in [7, 11) is 0. The van der Waals surface area contributed by atoms with Crippen molar-refractivity contribution in [3.05, 3.63) is 83.9 Å². The number of rotatable bonds is 2. The van der Waals surface area contributed by atoms with Crippen LogP contribution in [0.4, 0.5) is 0 Å². The molecule has 7 rings (SSSR count). The summed E-state index contributed by atoms with van der Waals surface area (Å²) in [5.41, 5.74) is 6.24. The van der Waals surface area contributed by atoms with Crippen LogP contribution in [0.25, 0.3) is 32.7 Å². The van der Waals surface area contributed by atoms with Crippen LogP contribution in [-0.4, -0.2) is 16.6 Å². The van der Waals surface area contributed by atoms with E-state index in [0.29, 0.717) is 0 Å². The van der Waals surface area contributed by atoms with E-state index in [2.05, 4.69) is 72.8 Å². The summed E-state index contributed by atoms with van der Waals surface area (Å²) in [5.74, 6) is 0. The van der Waals surface area contributed by atoms with Gasteiger partial charge in [-0.3, -0.25) is 0 Å². The second-order valence-electron chi connectivity index (χ2n) is 11.6. The van der Waals surface area contributed by atoms with E-state index < -0.39 is 0 Å². The van der Waals surface area contributed by atoms with Gasteiger partial charge in [0.05, 0.1) is 12.1 Å². The third-order valence-corrected chi connectivity index (χ3v) is 9.81. The van der Waals surface area contributed by atoms with E-state index in [-0.39, 0.29) is 17.0 Å². The van der Waals surface area contributed by atoms with E-state index >= 15 is 0 Å². The molecule has 0 radical (unpaired) electrons. The molecule has 1 aliphatic heterocycles. The third kappa shape index (κ3) is 3.92. The lowest BCUT2D eigenvalue weighted by molar-refractivity contribution is -0.999. The molecule has 0 spiro atoms. The minimum absolute atomic E-state index is 0. The van der Waals surface area contributed by atoms with Crippen LogP contribution < -0.4 is 0 Å². The lowest BCUT2D eigenvalue weighted by Crippen LogP contribution is -2.60. The highest BCUT2D eigenvalue weighted by atomic mass is 79.9. The summed E-state index contributed by atoms with van der Waals surface area (Å²) >= 11 is 0. The Morgan fingerprint density at radius 3 is 1.33 bits per heavy atom. The lowest BCUT2D eigenvalue weighted by atomic mass is 9.84. The van der Waals surface area contributed by atoms with Gasteiger partial charge in [0.1, 0.15) is 13.1 Å². The molecule has 1 nitrogen and oxygen atoms in total. The highest BCUT2D eigenvalue weighted by Crippen LogP contribution is 2.48. The summed E-state index contributed by atoms with van der Waals surface area (Å²) in [6.07, 6.45) is 14.2. The van der Waals surface area contributed by atoms with Gasteiger partial charge in [-0.1, -0.05) is 85.6 Å². The fraction of sp³-hybridized carbons (Fsp3) is 0.412. The molecule has 0 aromatic heterocycles. The van der Waals surface area contributed by atoms with Crippen molar-refractivity contribution in [1.29, 1.82) is 0 Å². The normalized spacial score (nSPS) is 20.3. The van der Waals surface area contributed by atoms with Crippen molar-refractivity contribution < 1.29 is 4.48 Å². The Kier molecular flexibility index (Phi) is 6.69. The topological polar surface area (TPSA) is 0 Å². The smallest absolute Gasteiger partial charge is 0.106 e. The van der Waals surface area contributed by atoms with Gasteiger partial charge in [-0.15, -0.1) is 17.0 Å². The predicted molar refractivity (Wildman–Crippen MR) is 159 cm³/mol. The molecule has 0 atom stereocenters. The van der Waals surface area contributed by atoms with Crippen molar-refractivity contribution in [2.24, 2.45) is 0 Å². The van der Waals surface area contributed by atoms with Gasteiger partial charge in [-0.05, 0) is 84.0 Å². The maximum atomic E-state index is 2.51. The third-order valence-electron chi connectivity index (χ3n) is 9.81. The molecule has 0 unspecified atom stereocenters. The van der Waals surface area contributed by atoms with Crippen LogP contribution in [0.5, 0.6) is 0 Å². The van der Waals surface area contributed by atoms with Crippen LogP contribution >= 0.6 is 17.0 Å². The molecule has 4 aromatic rings. The number of hydrogen-bond acceptors (Lipinski definition) is 0. The molecule has 3 aliphatic rings. The van der Waals surface area contributed by atoms with E-state index in [4.69, 9.17) is 0 Å². The molecular formula is C34H39BrN+. The van der Waals surface area contributed by atoms with Crippen molar-refractivity contribution in [3.8, 4) is 11.1 Å². The van der Waals surface area contributed by atoms with E-state index in [1.807, 2.05) is 0 Å². The number of benzene rings is 4. The predicted octanol–water partition coefficient (Wildman–Crippen LogP) is 9.73. The molecule has 2 fully saturated rings.